The number of hydrogen-bond acceptors (Lipinski definition) is 6. The van der Waals surface area contributed by atoms with Crippen molar-refractivity contribution in [3.63, 3.8) is 0 Å². The summed E-state index contributed by atoms with van der Waals surface area (Å²) in [6.45, 7) is 1.09. The molecule has 1 fully saturated rings. The molecule has 152 valence electrons. The largest absolute Gasteiger partial charge is 0.507 e. The highest BCUT2D eigenvalue weighted by molar-refractivity contribution is 5.94. The number of amides is 1. The zero-order chi connectivity index (χ0) is 20.8. The zero-order valence-corrected chi connectivity index (χ0v) is 16.1. The number of hydrogen-bond donors (Lipinski definition) is 4. The smallest absolute Gasteiger partial charge is 0.253 e. The number of carbonyl (C=O) groups is 1. The normalized spacial score (nSPS) is 16.9. The first-order chi connectivity index (χ1) is 14.0. The molecule has 1 aliphatic rings. The number of phenols is 1. The number of rotatable bonds is 5. The highest BCUT2D eigenvalue weighted by Gasteiger charge is 2.26. The van der Waals surface area contributed by atoms with Crippen LogP contribution in [0.1, 0.15) is 28.8 Å². The summed E-state index contributed by atoms with van der Waals surface area (Å²) in [5.41, 5.74) is 19.1. The van der Waals surface area contributed by atoms with Gasteiger partial charge >= 0.3 is 0 Å². The Bertz CT molecular complexity index is 921. The van der Waals surface area contributed by atoms with Gasteiger partial charge in [-0.1, -0.05) is 30.3 Å². The van der Waals surface area contributed by atoms with Crippen LogP contribution in [0.3, 0.4) is 0 Å². The molecule has 7 heteroatoms. The standard InChI is InChI=1S/C22H26N4O3/c23-18(17-10-4-5-11-19(17)27)13-20(21(24)25)29-16-9-6-12-26(14-16)22(28)15-7-2-1-3-8-15/h1-5,7-8,10-11,13,16,27H,6,9,12,14,23-25H2/b18-13-. The average Bonchev–Trinajstić information content (AvgIpc) is 2.73. The van der Waals surface area contributed by atoms with Gasteiger partial charge in [0.2, 0.25) is 0 Å². The summed E-state index contributed by atoms with van der Waals surface area (Å²) in [5, 5.41) is 9.97. The van der Waals surface area contributed by atoms with Gasteiger partial charge in [0.15, 0.2) is 5.76 Å². The lowest BCUT2D eigenvalue weighted by molar-refractivity contribution is 0.0348. The van der Waals surface area contributed by atoms with E-state index in [0.717, 1.165) is 12.8 Å². The Hall–Kier alpha value is -3.61. The minimum absolute atomic E-state index is 0.0186. The van der Waals surface area contributed by atoms with Gasteiger partial charge in [0.25, 0.3) is 5.91 Å². The van der Waals surface area contributed by atoms with Crippen molar-refractivity contribution in [2.24, 2.45) is 17.2 Å². The molecular formula is C22H26N4O3. The van der Waals surface area contributed by atoms with Gasteiger partial charge in [-0.25, -0.2) is 0 Å². The van der Waals surface area contributed by atoms with Crippen LogP contribution in [0.2, 0.25) is 0 Å². The molecule has 0 aromatic heterocycles. The molecule has 1 saturated heterocycles. The fourth-order valence-corrected chi connectivity index (χ4v) is 3.28. The Balaban J connectivity index is 1.73. The molecule has 1 atom stereocenters. The fraction of sp³-hybridized carbons (Fsp3) is 0.227. The maximum atomic E-state index is 12.7. The molecule has 0 bridgehead atoms. The minimum atomic E-state index is -0.262. The van der Waals surface area contributed by atoms with Crippen molar-refractivity contribution in [2.75, 3.05) is 13.1 Å². The summed E-state index contributed by atoms with van der Waals surface area (Å²) in [5.74, 6) is 0.225. The van der Waals surface area contributed by atoms with Crippen molar-refractivity contribution in [2.45, 2.75) is 18.9 Å². The predicted octanol–water partition coefficient (Wildman–Crippen LogP) is 2.10. The van der Waals surface area contributed by atoms with Crippen molar-refractivity contribution in [1.29, 1.82) is 0 Å². The van der Waals surface area contributed by atoms with Gasteiger partial charge in [-0.2, -0.15) is 0 Å². The Kier molecular flexibility index (Phi) is 6.29. The molecule has 0 saturated carbocycles. The number of piperidine rings is 1. The van der Waals surface area contributed by atoms with E-state index >= 15 is 0 Å². The molecule has 2 aromatic rings. The molecule has 1 aliphatic heterocycles. The Morgan fingerprint density at radius 3 is 2.45 bits per heavy atom. The van der Waals surface area contributed by atoms with Gasteiger partial charge in [-0.15, -0.1) is 0 Å². The molecule has 3 rings (SSSR count). The van der Waals surface area contributed by atoms with E-state index in [1.54, 1.807) is 41.3 Å². The van der Waals surface area contributed by atoms with E-state index in [4.69, 9.17) is 21.9 Å². The van der Waals surface area contributed by atoms with Crippen LogP contribution in [0.25, 0.3) is 5.70 Å². The molecule has 29 heavy (non-hydrogen) atoms. The van der Waals surface area contributed by atoms with Gasteiger partial charge < -0.3 is 31.9 Å². The molecule has 0 spiro atoms. The van der Waals surface area contributed by atoms with E-state index in [0.29, 0.717) is 24.2 Å². The van der Waals surface area contributed by atoms with Crippen LogP contribution < -0.4 is 17.2 Å². The maximum absolute atomic E-state index is 12.7. The lowest BCUT2D eigenvalue weighted by atomic mass is 10.1. The molecule has 2 aromatic carbocycles. The van der Waals surface area contributed by atoms with Crippen LogP contribution in [-0.4, -0.2) is 35.1 Å². The molecule has 0 aliphatic carbocycles. The molecule has 1 unspecified atom stereocenters. The average molecular weight is 394 g/mol. The summed E-state index contributed by atoms with van der Waals surface area (Å²) in [6, 6.07) is 15.9. The van der Waals surface area contributed by atoms with Crippen LogP contribution in [0.4, 0.5) is 0 Å². The number of likely N-dealkylation sites (tertiary alicyclic amines) is 1. The minimum Gasteiger partial charge on any atom is -0.507 e. The van der Waals surface area contributed by atoms with E-state index < -0.39 is 0 Å². The summed E-state index contributed by atoms with van der Waals surface area (Å²) in [4.78, 5) is 14.5. The highest BCUT2D eigenvalue weighted by atomic mass is 16.5. The highest BCUT2D eigenvalue weighted by Crippen LogP contribution is 2.24. The third kappa shape index (κ3) is 5.01. The first kappa shape index (κ1) is 20.1. The number of nitrogens with two attached hydrogens (primary N) is 3. The number of para-hydroxylation sites is 1. The second-order valence-electron chi connectivity index (χ2n) is 6.94. The number of aromatic hydroxyl groups is 1. The molecule has 1 amide bonds. The van der Waals surface area contributed by atoms with Crippen LogP contribution in [0.5, 0.6) is 5.75 Å². The van der Waals surface area contributed by atoms with E-state index in [2.05, 4.69) is 0 Å². The van der Waals surface area contributed by atoms with Gasteiger partial charge in [0.1, 0.15) is 17.7 Å². The SMILES string of the molecule is NC(N)=C(/C=C(\N)c1ccccc1O)OC1CCCN(C(=O)c2ccccc2)C1. The van der Waals surface area contributed by atoms with Crippen molar-refractivity contribution in [1.82, 2.24) is 4.90 Å². The maximum Gasteiger partial charge on any atom is 0.253 e. The fourth-order valence-electron chi connectivity index (χ4n) is 3.28. The lowest BCUT2D eigenvalue weighted by Gasteiger charge is -2.33. The molecular weight excluding hydrogens is 368 g/mol. The Morgan fingerprint density at radius 2 is 1.76 bits per heavy atom. The third-order valence-corrected chi connectivity index (χ3v) is 4.77. The summed E-state index contributed by atoms with van der Waals surface area (Å²) in [7, 11) is 0. The van der Waals surface area contributed by atoms with Crippen LogP contribution in [-0.2, 0) is 4.74 Å². The van der Waals surface area contributed by atoms with Crippen LogP contribution in [0, 0.1) is 0 Å². The van der Waals surface area contributed by atoms with Crippen LogP contribution in [0.15, 0.2) is 72.3 Å². The topological polar surface area (TPSA) is 128 Å². The third-order valence-electron chi connectivity index (χ3n) is 4.77. The summed E-state index contributed by atoms with van der Waals surface area (Å²) < 4.78 is 6.00. The molecule has 0 radical (unpaired) electrons. The van der Waals surface area contributed by atoms with Crippen molar-refractivity contribution in [3.8, 4) is 5.75 Å². The Morgan fingerprint density at radius 1 is 1.07 bits per heavy atom. The quantitative estimate of drug-likeness (QED) is 0.454. The number of nitrogens with zero attached hydrogens (tertiary/aromatic N) is 1. The Labute approximate surface area is 170 Å². The second-order valence-corrected chi connectivity index (χ2v) is 6.94. The molecule has 1 heterocycles. The number of ether oxygens (including phenoxy) is 1. The van der Waals surface area contributed by atoms with E-state index in [9.17, 15) is 9.90 Å². The second kappa shape index (κ2) is 9.05. The lowest BCUT2D eigenvalue weighted by Crippen LogP contribution is -2.43. The van der Waals surface area contributed by atoms with Gasteiger partial charge in [-0.05, 0) is 37.1 Å². The van der Waals surface area contributed by atoms with Crippen LogP contribution >= 0.6 is 0 Å². The first-order valence-electron chi connectivity index (χ1n) is 9.47. The summed E-state index contributed by atoms with van der Waals surface area (Å²) >= 11 is 0. The zero-order valence-electron chi connectivity index (χ0n) is 16.1. The number of phenolic OH excluding ortho intramolecular Hbond substituents is 1. The molecule has 7 N–H and O–H groups in total. The number of benzene rings is 2. The summed E-state index contributed by atoms with van der Waals surface area (Å²) in [6.07, 6.45) is 2.81. The van der Waals surface area contributed by atoms with Gasteiger partial charge in [-0.3, -0.25) is 4.79 Å². The first-order valence-corrected chi connectivity index (χ1v) is 9.47. The monoisotopic (exact) mass is 394 g/mol. The van der Waals surface area contributed by atoms with E-state index in [1.165, 1.54) is 6.08 Å². The van der Waals surface area contributed by atoms with E-state index in [1.807, 2.05) is 18.2 Å². The van der Waals surface area contributed by atoms with Gasteiger partial charge in [0.05, 0.1) is 6.54 Å². The number of allylic oxidation sites excluding steroid dienone is 1. The van der Waals surface area contributed by atoms with Crippen molar-refractivity contribution < 1.29 is 14.6 Å². The van der Waals surface area contributed by atoms with Gasteiger partial charge in [0, 0.05) is 29.4 Å². The van der Waals surface area contributed by atoms with E-state index in [-0.39, 0.29) is 35.0 Å². The van der Waals surface area contributed by atoms with Crippen molar-refractivity contribution in [3.05, 3.63) is 83.4 Å². The molecule has 7 nitrogen and oxygen atoms in total. The van der Waals surface area contributed by atoms with Crippen molar-refractivity contribution >= 4 is 11.6 Å². The number of carbonyl (C=O) groups excluding carboxylic acids is 1. The predicted molar refractivity (Wildman–Crippen MR) is 112 cm³/mol.